The standard InChI is InChI=1S/C17H18O4/c1-11-6-5-7-12-10-20-17(16(18)19-2)21-14-9-4-3-8-13(14)15(11)12/h3-5,7-11,14,17H,6H2,1-2H3/b12-10?,15-13-. The van der Waals surface area contributed by atoms with Gasteiger partial charge >= 0.3 is 5.97 Å². The first kappa shape index (κ1) is 13.9. The predicted molar refractivity (Wildman–Crippen MR) is 78.1 cm³/mol. The molecule has 4 heteroatoms. The topological polar surface area (TPSA) is 44.8 Å². The van der Waals surface area contributed by atoms with Gasteiger partial charge in [0, 0.05) is 5.57 Å². The first-order valence-electron chi connectivity index (χ1n) is 7.05. The Morgan fingerprint density at radius 1 is 1.33 bits per heavy atom. The molecule has 0 saturated heterocycles. The largest absolute Gasteiger partial charge is 0.464 e. The second-order valence-electron chi connectivity index (χ2n) is 5.27. The van der Waals surface area contributed by atoms with Crippen LogP contribution in [0.4, 0.5) is 0 Å². The van der Waals surface area contributed by atoms with Crippen molar-refractivity contribution in [2.75, 3.05) is 7.11 Å². The van der Waals surface area contributed by atoms with Crippen molar-refractivity contribution >= 4 is 5.97 Å². The highest BCUT2D eigenvalue weighted by atomic mass is 16.7. The number of rotatable bonds is 1. The van der Waals surface area contributed by atoms with E-state index in [1.165, 1.54) is 12.7 Å². The Bertz CT molecular complexity index is 592. The first-order valence-corrected chi connectivity index (χ1v) is 7.05. The van der Waals surface area contributed by atoms with Crippen molar-refractivity contribution in [3.63, 3.8) is 0 Å². The summed E-state index contributed by atoms with van der Waals surface area (Å²) < 4.78 is 16.0. The fourth-order valence-electron chi connectivity index (χ4n) is 2.84. The average molecular weight is 286 g/mol. The van der Waals surface area contributed by atoms with Crippen LogP contribution in [0.5, 0.6) is 0 Å². The molecule has 0 saturated carbocycles. The minimum absolute atomic E-state index is 0.299. The van der Waals surface area contributed by atoms with E-state index in [9.17, 15) is 4.79 Å². The number of methoxy groups -OCH3 is 1. The lowest BCUT2D eigenvalue weighted by Crippen LogP contribution is -2.34. The van der Waals surface area contributed by atoms with E-state index in [0.717, 1.165) is 17.6 Å². The third kappa shape index (κ3) is 2.59. The van der Waals surface area contributed by atoms with Gasteiger partial charge in [-0.15, -0.1) is 0 Å². The van der Waals surface area contributed by atoms with E-state index in [2.05, 4.69) is 13.0 Å². The van der Waals surface area contributed by atoms with Gasteiger partial charge in [0.25, 0.3) is 6.29 Å². The van der Waals surface area contributed by atoms with Crippen LogP contribution in [0.3, 0.4) is 0 Å². The van der Waals surface area contributed by atoms with E-state index in [1.54, 1.807) is 6.26 Å². The second kappa shape index (κ2) is 5.74. The molecular weight excluding hydrogens is 268 g/mol. The summed E-state index contributed by atoms with van der Waals surface area (Å²) in [5.74, 6) is -0.151. The molecule has 3 unspecified atom stereocenters. The summed E-state index contributed by atoms with van der Waals surface area (Å²) in [6.45, 7) is 2.18. The molecule has 3 atom stereocenters. The van der Waals surface area contributed by atoms with Gasteiger partial charge in [-0.25, -0.2) is 4.79 Å². The molecule has 1 heterocycles. The van der Waals surface area contributed by atoms with Crippen molar-refractivity contribution in [1.82, 2.24) is 0 Å². The quantitative estimate of drug-likeness (QED) is 0.695. The molecule has 110 valence electrons. The molecule has 1 aliphatic heterocycles. The van der Waals surface area contributed by atoms with E-state index in [-0.39, 0.29) is 6.10 Å². The van der Waals surface area contributed by atoms with Crippen LogP contribution in [0.25, 0.3) is 0 Å². The van der Waals surface area contributed by atoms with Crippen LogP contribution in [0.2, 0.25) is 0 Å². The fourth-order valence-corrected chi connectivity index (χ4v) is 2.84. The summed E-state index contributed by atoms with van der Waals surface area (Å²) in [6, 6.07) is 0. The van der Waals surface area contributed by atoms with Crippen molar-refractivity contribution < 1.29 is 19.0 Å². The SMILES string of the molecule is COC(=O)C1OC=C2C=CCC(C)/C2=C2\C=CC=CC2O1. The summed E-state index contributed by atoms with van der Waals surface area (Å²) in [4.78, 5) is 11.8. The summed E-state index contributed by atoms with van der Waals surface area (Å²) >= 11 is 0. The van der Waals surface area contributed by atoms with Gasteiger partial charge in [-0.05, 0) is 23.5 Å². The zero-order valence-corrected chi connectivity index (χ0v) is 12.1. The lowest BCUT2D eigenvalue weighted by molar-refractivity contribution is -0.185. The molecule has 0 fully saturated rings. The Morgan fingerprint density at radius 3 is 3.00 bits per heavy atom. The molecule has 21 heavy (non-hydrogen) atoms. The molecule has 4 nitrogen and oxygen atoms in total. The number of hydrogen-bond donors (Lipinski definition) is 0. The van der Waals surface area contributed by atoms with E-state index >= 15 is 0 Å². The molecular formula is C17H18O4. The minimum atomic E-state index is -1.05. The highest BCUT2D eigenvalue weighted by Crippen LogP contribution is 2.36. The maximum Gasteiger partial charge on any atom is 0.376 e. The van der Waals surface area contributed by atoms with Gasteiger partial charge in [-0.1, -0.05) is 43.4 Å². The van der Waals surface area contributed by atoms with Gasteiger partial charge < -0.3 is 14.2 Å². The number of hydrogen-bond acceptors (Lipinski definition) is 4. The van der Waals surface area contributed by atoms with Gasteiger partial charge in [0.1, 0.15) is 6.10 Å². The molecule has 3 rings (SSSR count). The number of carbonyl (C=O) groups is 1. The Hall–Kier alpha value is -2.07. The third-order valence-electron chi connectivity index (χ3n) is 3.86. The molecule has 0 aromatic rings. The van der Waals surface area contributed by atoms with Crippen molar-refractivity contribution in [1.29, 1.82) is 0 Å². The van der Waals surface area contributed by atoms with Gasteiger partial charge in [0.2, 0.25) is 0 Å². The Balaban J connectivity index is 2.06. The Morgan fingerprint density at radius 2 is 2.19 bits per heavy atom. The molecule has 2 aliphatic carbocycles. The lowest BCUT2D eigenvalue weighted by atomic mass is 9.81. The van der Waals surface area contributed by atoms with E-state index in [1.807, 2.05) is 30.4 Å². The summed E-state index contributed by atoms with van der Waals surface area (Å²) in [5.41, 5.74) is 3.29. The summed E-state index contributed by atoms with van der Waals surface area (Å²) in [5, 5.41) is 0. The van der Waals surface area contributed by atoms with Crippen LogP contribution in [-0.4, -0.2) is 25.5 Å². The number of ether oxygens (including phenoxy) is 3. The number of carbonyl (C=O) groups excluding carboxylic acids is 1. The highest BCUT2D eigenvalue weighted by Gasteiger charge is 2.32. The van der Waals surface area contributed by atoms with Crippen molar-refractivity contribution in [3.8, 4) is 0 Å². The van der Waals surface area contributed by atoms with Crippen LogP contribution >= 0.6 is 0 Å². The van der Waals surface area contributed by atoms with Crippen LogP contribution in [0, 0.1) is 5.92 Å². The zero-order valence-electron chi connectivity index (χ0n) is 12.1. The number of allylic oxidation sites excluding steroid dienone is 6. The fraction of sp³-hybridized carbons (Fsp3) is 0.353. The molecule has 0 N–H and O–H groups in total. The molecule has 0 spiro atoms. The second-order valence-corrected chi connectivity index (χ2v) is 5.27. The van der Waals surface area contributed by atoms with Crippen LogP contribution < -0.4 is 0 Å². The molecule has 0 amide bonds. The van der Waals surface area contributed by atoms with Gasteiger partial charge in [0.15, 0.2) is 0 Å². The summed E-state index contributed by atoms with van der Waals surface area (Å²) in [7, 11) is 1.32. The Labute approximate surface area is 124 Å². The van der Waals surface area contributed by atoms with Crippen LogP contribution in [-0.2, 0) is 19.0 Å². The van der Waals surface area contributed by atoms with Crippen LogP contribution in [0.1, 0.15) is 13.3 Å². The van der Waals surface area contributed by atoms with E-state index < -0.39 is 12.3 Å². The monoisotopic (exact) mass is 286 g/mol. The van der Waals surface area contributed by atoms with Gasteiger partial charge in [0.05, 0.1) is 13.4 Å². The number of esters is 1. The zero-order chi connectivity index (χ0) is 14.8. The first-order chi connectivity index (χ1) is 10.2. The minimum Gasteiger partial charge on any atom is -0.464 e. The smallest absolute Gasteiger partial charge is 0.376 e. The van der Waals surface area contributed by atoms with Crippen molar-refractivity contribution in [2.24, 2.45) is 5.92 Å². The number of fused-ring (bicyclic) bond motifs is 2. The Kier molecular flexibility index (Phi) is 3.80. The molecule has 0 radical (unpaired) electrons. The third-order valence-corrected chi connectivity index (χ3v) is 3.86. The maximum atomic E-state index is 11.8. The highest BCUT2D eigenvalue weighted by molar-refractivity contribution is 5.73. The van der Waals surface area contributed by atoms with E-state index in [0.29, 0.717) is 5.92 Å². The van der Waals surface area contributed by atoms with Gasteiger partial charge in [-0.2, -0.15) is 0 Å². The molecule has 0 bridgehead atoms. The molecule has 0 aromatic heterocycles. The molecule has 0 aromatic carbocycles. The van der Waals surface area contributed by atoms with Gasteiger partial charge in [-0.3, -0.25) is 0 Å². The van der Waals surface area contributed by atoms with Crippen LogP contribution in [0.15, 0.2) is 59.4 Å². The van der Waals surface area contributed by atoms with E-state index in [4.69, 9.17) is 14.2 Å². The lowest BCUT2D eigenvalue weighted by Gasteiger charge is -2.31. The van der Waals surface area contributed by atoms with Crippen molar-refractivity contribution in [2.45, 2.75) is 25.7 Å². The molecule has 3 aliphatic rings. The average Bonchev–Trinajstić information content (AvgIpc) is 2.49. The van der Waals surface area contributed by atoms with Crippen molar-refractivity contribution in [3.05, 3.63) is 59.4 Å². The summed E-state index contributed by atoms with van der Waals surface area (Å²) in [6.07, 6.45) is 13.3. The normalized spacial score (nSPS) is 34.0. The maximum absolute atomic E-state index is 11.8. The predicted octanol–water partition coefficient (Wildman–Crippen LogP) is 2.80.